The summed E-state index contributed by atoms with van der Waals surface area (Å²) in [6, 6.07) is 1.71. The molecule has 1 aromatic heterocycles. The molecule has 0 amide bonds. The van der Waals surface area contributed by atoms with Crippen molar-refractivity contribution < 1.29 is 13.2 Å². The van der Waals surface area contributed by atoms with Crippen LogP contribution in [0.15, 0.2) is 11.4 Å². The van der Waals surface area contributed by atoms with Crippen molar-refractivity contribution in [1.82, 2.24) is 4.90 Å². The largest absolute Gasteiger partial charge is 0.393 e. The summed E-state index contributed by atoms with van der Waals surface area (Å²) in [5.41, 5.74) is 7.18. The number of alkyl halides is 3. The Bertz CT molecular complexity index is 442. The van der Waals surface area contributed by atoms with E-state index in [1.165, 1.54) is 0 Å². The van der Waals surface area contributed by atoms with Crippen LogP contribution in [0.2, 0.25) is 0 Å². The van der Waals surface area contributed by atoms with Crippen molar-refractivity contribution in [2.75, 3.05) is 13.1 Å². The molecular weight excluding hydrogens is 285 g/mol. The number of nitrogens with two attached hydrogens (primary N) is 1. The lowest BCUT2D eigenvalue weighted by molar-refractivity contribution is -0.189. The highest BCUT2D eigenvalue weighted by Gasteiger charge is 2.43. The number of nitrogens with zero attached hydrogens (tertiary/aromatic N) is 1. The molecule has 0 aliphatic carbocycles. The second-order valence-corrected chi connectivity index (χ2v) is 6.60. The molecule has 2 N–H and O–H groups in total. The number of piperidine rings is 1. The fourth-order valence-electron chi connectivity index (χ4n) is 2.95. The van der Waals surface area contributed by atoms with E-state index in [9.17, 15) is 13.2 Å². The minimum Gasteiger partial charge on any atom is -0.326 e. The van der Waals surface area contributed by atoms with Crippen molar-refractivity contribution in [2.24, 2.45) is 11.7 Å². The Balaban J connectivity index is 2.20. The molecule has 0 saturated carbocycles. The summed E-state index contributed by atoms with van der Waals surface area (Å²) in [6.45, 7) is 4.62. The molecule has 0 spiro atoms. The third kappa shape index (κ3) is 3.35. The standard InChI is InChI=1S/C14H21F3N2S/c1-9-5-7-20-13(9)12(10(2)18)19-6-3-4-11(8-19)14(15,16)17/h5,7,10-12H,3-4,6,8,18H2,1-2H3. The van der Waals surface area contributed by atoms with E-state index in [2.05, 4.69) is 0 Å². The van der Waals surface area contributed by atoms with Gasteiger partial charge in [0.15, 0.2) is 0 Å². The molecule has 0 aromatic carbocycles. The Kier molecular flexibility index (Phi) is 4.76. The molecule has 1 aliphatic rings. The molecule has 1 aromatic rings. The smallest absolute Gasteiger partial charge is 0.326 e. The van der Waals surface area contributed by atoms with E-state index >= 15 is 0 Å². The number of hydrogen-bond acceptors (Lipinski definition) is 3. The normalized spacial score (nSPS) is 24.6. The molecule has 3 atom stereocenters. The summed E-state index contributed by atoms with van der Waals surface area (Å²) in [6.07, 6.45) is -3.29. The van der Waals surface area contributed by atoms with Crippen LogP contribution in [0.25, 0.3) is 0 Å². The van der Waals surface area contributed by atoms with Crippen LogP contribution in [0, 0.1) is 12.8 Å². The summed E-state index contributed by atoms with van der Waals surface area (Å²) in [5, 5.41) is 1.98. The Morgan fingerprint density at radius 1 is 1.45 bits per heavy atom. The number of thiophene rings is 1. The SMILES string of the molecule is Cc1ccsc1C(C(C)N)N1CCCC(C(F)(F)F)C1. The van der Waals surface area contributed by atoms with Crippen LogP contribution in [0.1, 0.15) is 36.2 Å². The number of aryl methyl sites for hydroxylation is 1. The van der Waals surface area contributed by atoms with Crippen molar-refractivity contribution in [3.05, 3.63) is 21.9 Å². The van der Waals surface area contributed by atoms with Gasteiger partial charge in [-0.25, -0.2) is 0 Å². The van der Waals surface area contributed by atoms with Gasteiger partial charge in [0.05, 0.1) is 12.0 Å². The molecule has 2 nitrogen and oxygen atoms in total. The van der Waals surface area contributed by atoms with Gasteiger partial charge in [-0.05, 0) is 50.2 Å². The average molecular weight is 306 g/mol. The van der Waals surface area contributed by atoms with Gasteiger partial charge in [0.2, 0.25) is 0 Å². The minimum absolute atomic E-state index is 0.0625. The first-order valence-corrected chi connectivity index (χ1v) is 7.79. The molecule has 1 saturated heterocycles. The third-order valence-electron chi connectivity index (χ3n) is 3.98. The molecule has 20 heavy (non-hydrogen) atoms. The van der Waals surface area contributed by atoms with Gasteiger partial charge < -0.3 is 5.73 Å². The highest BCUT2D eigenvalue weighted by molar-refractivity contribution is 7.10. The van der Waals surface area contributed by atoms with E-state index in [1.807, 2.05) is 30.2 Å². The van der Waals surface area contributed by atoms with Crippen molar-refractivity contribution in [2.45, 2.75) is 44.9 Å². The van der Waals surface area contributed by atoms with Crippen LogP contribution in [0.5, 0.6) is 0 Å². The summed E-state index contributed by atoms with van der Waals surface area (Å²) in [7, 11) is 0. The zero-order valence-corrected chi connectivity index (χ0v) is 12.6. The highest BCUT2D eigenvalue weighted by atomic mass is 32.1. The maximum atomic E-state index is 12.9. The molecule has 0 bridgehead atoms. The van der Waals surface area contributed by atoms with E-state index in [-0.39, 0.29) is 25.0 Å². The van der Waals surface area contributed by atoms with Crippen molar-refractivity contribution >= 4 is 11.3 Å². The molecule has 2 heterocycles. The quantitative estimate of drug-likeness (QED) is 0.922. The molecule has 1 aliphatic heterocycles. The van der Waals surface area contributed by atoms with Gasteiger partial charge in [0.1, 0.15) is 0 Å². The Labute approximate surface area is 121 Å². The molecule has 2 rings (SSSR count). The Morgan fingerprint density at radius 2 is 2.15 bits per heavy atom. The molecule has 3 unspecified atom stereocenters. The van der Waals surface area contributed by atoms with Crippen LogP contribution in [-0.4, -0.2) is 30.2 Å². The number of likely N-dealkylation sites (tertiary alicyclic amines) is 1. The summed E-state index contributed by atoms with van der Waals surface area (Å²) < 4.78 is 38.8. The Morgan fingerprint density at radius 3 is 2.65 bits per heavy atom. The maximum Gasteiger partial charge on any atom is 0.393 e. The van der Waals surface area contributed by atoms with Gasteiger partial charge >= 0.3 is 6.18 Å². The lowest BCUT2D eigenvalue weighted by Gasteiger charge is -2.40. The number of halogens is 3. The molecule has 0 radical (unpaired) electrons. The zero-order valence-electron chi connectivity index (χ0n) is 11.8. The van der Waals surface area contributed by atoms with Crippen LogP contribution < -0.4 is 5.73 Å². The summed E-state index contributed by atoms with van der Waals surface area (Å²) in [5.74, 6) is -1.22. The fraction of sp³-hybridized carbons (Fsp3) is 0.714. The lowest BCUT2D eigenvalue weighted by Crippen LogP contribution is -2.47. The zero-order chi connectivity index (χ0) is 14.9. The van der Waals surface area contributed by atoms with Crippen molar-refractivity contribution in [3.63, 3.8) is 0 Å². The van der Waals surface area contributed by atoms with Gasteiger partial charge in [0.25, 0.3) is 0 Å². The topological polar surface area (TPSA) is 29.3 Å². The van der Waals surface area contributed by atoms with E-state index in [0.717, 1.165) is 10.4 Å². The van der Waals surface area contributed by atoms with Gasteiger partial charge in [-0.3, -0.25) is 4.90 Å². The minimum atomic E-state index is -4.11. The van der Waals surface area contributed by atoms with Crippen LogP contribution in [-0.2, 0) is 0 Å². The maximum absolute atomic E-state index is 12.9. The molecule has 1 fully saturated rings. The highest BCUT2D eigenvalue weighted by Crippen LogP contribution is 2.38. The van der Waals surface area contributed by atoms with Gasteiger partial charge in [-0.15, -0.1) is 11.3 Å². The van der Waals surface area contributed by atoms with E-state index in [0.29, 0.717) is 13.0 Å². The monoisotopic (exact) mass is 306 g/mol. The van der Waals surface area contributed by atoms with Crippen LogP contribution in [0.3, 0.4) is 0 Å². The average Bonchev–Trinajstić information content (AvgIpc) is 2.75. The predicted octanol–water partition coefficient (Wildman–Crippen LogP) is 3.72. The molecule has 6 heteroatoms. The lowest BCUT2D eigenvalue weighted by atomic mass is 9.93. The first-order chi connectivity index (χ1) is 9.30. The third-order valence-corrected chi connectivity index (χ3v) is 5.07. The van der Waals surface area contributed by atoms with Gasteiger partial charge in [-0.2, -0.15) is 13.2 Å². The van der Waals surface area contributed by atoms with E-state index < -0.39 is 12.1 Å². The van der Waals surface area contributed by atoms with E-state index in [1.54, 1.807) is 11.3 Å². The Hall–Kier alpha value is -0.590. The van der Waals surface area contributed by atoms with Crippen molar-refractivity contribution in [1.29, 1.82) is 0 Å². The molecular formula is C14H21F3N2S. The number of hydrogen-bond donors (Lipinski definition) is 1. The van der Waals surface area contributed by atoms with Gasteiger partial charge in [-0.1, -0.05) is 0 Å². The first kappa shape index (κ1) is 15.8. The molecule has 114 valence electrons. The summed E-state index contributed by atoms with van der Waals surface area (Å²) in [4.78, 5) is 3.02. The van der Waals surface area contributed by atoms with Crippen LogP contribution in [0.4, 0.5) is 13.2 Å². The van der Waals surface area contributed by atoms with Crippen LogP contribution >= 0.6 is 11.3 Å². The predicted molar refractivity (Wildman–Crippen MR) is 75.8 cm³/mol. The number of rotatable bonds is 3. The van der Waals surface area contributed by atoms with Crippen molar-refractivity contribution in [3.8, 4) is 0 Å². The fourth-order valence-corrected chi connectivity index (χ4v) is 4.13. The second-order valence-electron chi connectivity index (χ2n) is 5.65. The van der Waals surface area contributed by atoms with Gasteiger partial charge in [0, 0.05) is 17.5 Å². The van der Waals surface area contributed by atoms with E-state index in [4.69, 9.17) is 5.73 Å². The summed E-state index contributed by atoms with van der Waals surface area (Å²) >= 11 is 1.59. The second kappa shape index (κ2) is 6.03. The first-order valence-electron chi connectivity index (χ1n) is 6.91.